The molecule has 2 rings (SSSR count). The summed E-state index contributed by atoms with van der Waals surface area (Å²) in [6.45, 7) is 0.456. The predicted molar refractivity (Wildman–Crippen MR) is 86.3 cm³/mol. The number of ether oxygens (including phenoxy) is 1. The van der Waals surface area contributed by atoms with E-state index in [1.165, 1.54) is 7.11 Å². The Morgan fingerprint density at radius 3 is 2.30 bits per heavy atom. The van der Waals surface area contributed by atoms with Gasteiger partial charge in [-0.3, -0.25) is 4.79 Å². The normalized spacial score (nSPS) is 11.7. The third kappa shape index (κ3) is 4.66. The number of aromatic carboxylic acids is 1. The lowest BCUT2D eigenvalue weighted by Crippen LogP contribution is -2.31. The number of carbonyl (C=O) groups excluding carboxylic acids is 1. The monoisotopic (exact) mass is 313 g/mol. The minimum Gasteiger partial charge on any atom is -0.478 e. The fraction of sp³-hybridized carbons (Fsp3) is 0.222. The molecule has 0 bridgehead atoms. The Morgan fingerprint density at radius 2 is 1.74 bits per heavy atom. The molecule has 0 aliphatic rings. The first-order valence-electron chi connectivity index (χ1n) is 7.29. The summed E-state index contributed by atoms with van der Waals surface area (Å²) in [5.74, 6) is -1.14. The molecular weight excluding hydrogens is 294 g/mol. The van der Waals surface area contributed by atoms with Crippen molar-refractivity contribution in [2.45, 2.75) is 12.5 Å². The van der Waals surface area contributed by atoms with E-state index < -0.39 is 12.1 Å². The highest BCUT2D eigenvalue weighted by atomic mass is 16.5. The van der Waals surface area contributed by atoms with Crippen LogP contribution >= 0.6 is 0 Å². The molecule has 5 heteroatoms. The molecule has 2 N–H and O–H groups in total. The number of benzene rings is 2. The van der Waals surface area contributed by atoms with Crippen molar-refractivity contribution in [1.82, 2.24) is 5.32 Å². The minimum absolute atomic E-state index is 0.194. The van der Waals surface area contributed by atoms with E-state index in [1.54, 1.807) is 24.3 Å². The number of amides is 1. The fourth-order valence-corrected chi connectivity index (χ4v) is 2.26. The zero-order chi connectivity index (χ0) is 16.7. The van der Waals surface area contributed by atoms with Crippen molar-refractivity contribution in [2.75, 3.05) is 13.7 Å². The van der Waals surface area contributed by atoms with Crippen LogP contribution in [0.1, 0.15) is 27.6 Å². The van der Waals surface area contributed by atoms with Crippen molar-refractivity contribution in [1.29, 1.82) is 0 Å². The fourth-order valence-electron chi connectivity index (χ4n) is 2.26. The number of methoxy groups -OCH3 is 1. The SMILES string of the molecule is COC(C(=O)NCCc1ccc(C(=O)O)cc1)c1ccccc1. The molecule has 0 radical (unpaired) electrons. The van der Waals surface area contributed by atoms with E-state index in [9.17, 15) is 9.59 Å². The molecule has 23 heavy (non-hydrogen) atoms. The average molecular weight is 313 g/mol. The first-order chi connectivity index (χ1) is 11.1. The van der Waals surface area contributed by atoms with Gasteiger partial charge in [0.1, 0.15) is 0 Å². The van der Waals surface area contributed by atoms with Crippen molar-refractivity contribution in [3.63, 3.8) is 0 Å². The van der Waals surface area contributed by atoms with E-state index in [2.05, 4.69) is 5.32 Å². The molecule has 1 unspecified atom stereocenters. The van der Waals surface area contributed by atoms with Gasteiger partial charge in [-0.25, -0.2) is 4.79 Å². The van der Waals surface area contributed by atoms with Crippen LogP contribution in [0.2, 0.25) is 0 Å². The Labute approximate surface area is 134 Å². The molecule has 5 nitrogen and oxygen atoms in total. The van der Waals surface area contributed by atoms with Crippen LogP contribution < -0.4 is 5.32 Å². The molecule has 0 aromatic heterocycles. The van der Waals surface area contributed by atoms with Gasteiger partial charge in [0.25, 0.3) is 5.91 Å². The number of nitrogens with one attached hydrogen (secondary N) is 1. The van der Waals surface area contributed by atoms with E-state index in [1.807, 2.05) is 30.3 Å². The van der Waals surface area contributed by atoms with Gasteiger partial charge in [-0.2, -0.15) is 0 Å². The van der Waals surface area contributed by atoms with Crippen molar-refractivity contribution < 1.29 is 19.4 Å². The second-order valence-electron chi connectivity index (χ2n) is 5.07. The van der Waals surface area contributed by atoms with Crippen LogP contribution in [-0.2, 0) is 16.0 Å². The lowest BCUT2D eigenvalue weighted by atomic mass is 10.1. The molecular formula is C18H19NO4. The smallest absolute Gasteiger partial charge is 0.335 e. The van der Waals surface area contributed by atoms with Gasteiger partial charge >= 0.3 is 5.97 Å². The summed E-state index contributed by atoms with van der Waals surface area (Å²) in [6, 6.07) is 15.9. The maximum Gasteiger partial charge on any atom is 0.335 e. The molecule has 0 heterocycles. The standard InChI is InChI=1S/C18H19NO4/c1-23-16(14-5-3-2-4-6-14)17(20)19-12-11-13-7-9-15(10-8-13)18(21)22/h2-10,16H,11-12H2,1H3,(H,19,20)(H,21,22). The maximum atomic E-state index is 12.2. The van der Waals surface area contributed by atoms with Gasteiger partial charge in [0, 0.05) is 13.7 Å². The number of carbonyl (C=O) groups is 2. The van der Waals surface area contributed by atoms with Crippen LogP contribution in [0.3, 0.4) is 0 Å². The zero-order valence-electron chi connectivity index (χ0n) is 12.9. The van der Waals surface area contributed by atoms with E-state index in [4.69, 9.17) is 9.84 Å². The Morgan fingerprint density at radius 1 is 1.09 bits per heavy atom. The van der Waals surface area contributed by atoms with Crippen LogP contribution in [0.4, 0.5) is 0 Å². The first-order valence-corrected chi connectivity index (χ1v) is 7.29. The Kier molecular flexibility index (Phi) is 5.88. The Hall–Kier alpha value is -2.66. The number of hydrogen-bond acceptors (Lipinski definition) is 3. The minimum atomic E-state index is -0.948. The first kappa shape index (κ1) is 16.7. The van der Waals surface area contributed by atoms with Crippen molar-refractivity contribution in [3.05, 3.63) is 71.3 Å². The van der Waals surface area contributed by atoms with E-state index >= 15 is 0 Å². The van der Waals surface area contributed by atoms with Crippen LogP contribution in [0.5, 0.6) is 0 Å². The van der Waals surface area contributed by atoms with Gasteiger partial charge in [-0.15, -0.1) is 0 Å². The lowest BCUT2D eigenvalue weighted by Gasteiger charge is -2.15. The van der Waals surface area contributed by atoms with Gasteiger partial charge < -0.3 is 15.2 Å². The van der Waals surface area contributed by atoms with E-state index in [0.29, 0.717) is 13.0 Å². The van der Waals surface area contributed by atoms with Crippen LogP contribution in [-0.4, -0.2) is 30.6 Å². The molecule has 0 spiro atoms. The van der Waals surface area contributed by atoms with E-state index in [-0.39, 0.29) is 11.5 Å². The molecule has 0 saturated heterocycles. The lowest BCUT2D eigenvalue weighted by molar-refractivity contribution is -0.131. The van der Waals surface area contributed by atoms with Crippen LogP contribution in [0, 0.1) is 0 Å². The number of hydrogen-bond donors (Lipinski definition) is 2. The maximum absolute atomic E-state index is 12.2. The molecule has 2 aromatic carbocycles. The molecule has 2 aromatic rings. The third-order valence-corrected chi connectivity index (χ3v) is 3.49. The second-order valence-corrected chi connectivity index (χ2v) is 5.07. The number of carboxylic acid groups (broad SMARTS) is 1. The molecule has 0 saturated carbocycles. The summed E-state index contributed by atoms with van der Waals surface area (Å²) in [4.78, 5) is 23.0. The Bertz CT molecular complexity index is 652. The summed E-state index contributed by atoms with van der Waals surface area (Å²) in [5.41, 5.74) is 2.02. The van der Waals surface area contributed by atoms with Crippen molar-refractivity contribution >= 4 is 11.9 Å². The van der Waals surface area contributed by atoms with Crippen LogP contribution in [0.25, 0.3) is 0 Å². The van der Waals surface area contributed by atoms with Gasteiger partial charge in [0.05, 0.1) is 5.56 Å². The van der Waals surface area contributed by atoms with E-state index in [0.717, 1.165) is 11.1 Å². The van der Waals surface area contributed by atoms with Gasteiger partial charge in [0.2, 0.25) is 0 Å². The van der Waals surface area contributed by atoms with Gasteiger partial charge in [-0.1, -0.05) is 42.5 Å². The van der Waals surface area contributed by atoms with Gasteiger partial charge in [-0.05, 0) is 29.7 Å². The van der Waals surface area contributed by atoms with Crippen molar-refractivity contribution in [3.8, 4) is 0 Å². The zero-order valence-corrected chi connectivity index (χ0v) is 12.9. The molecule has 120 valence electrons. The summed E-state index contributed by atoms with van der Waals surface area (Å²) in [6.07, 6.45) is -0.0118. The average Bonchev–Trinajstić information content (AvgIpc) is 2.57. The highest BCUT2D eigenvalue weighted by Crippen LogP contribution is 2.16. The predicted octanol–water partition coefficient (Wildman–Crippen LogP) is 2.43. The number of rotatable bonds is 7. The third-order valence-electron chi connectivity index (χ3n) is 3.49. The summed E-state index contributed by atoms with van der Waals surface area (Å²) < 4.78 is 5.27. The molecule has 1 atom stereocenters. The summed E-state index contributed by atoms with van der Waals surface area (Å²) in [7, 11) is 1.50. The molecule has 0 fully saturated rings. The highest BCUT2D eigenvalue weighted by molar-refractivity contribution is 5.87. The number of carboxylic acids is 1. The second kappa shape index (κ2) is 8.10. The summed E-state index contributed by atoms with van der Waals surface area (Å²) >= 11 is 0. The Balaban J connectivity index is 1.87. The van der Waals surface area contributed by atoms with Crippen LogP contribution in [0.15, 0.2) is 54.6 Å². The van der Waals surface area contributed by atoms with Gasteiger partial charge in [0.15, 0.2) is 6.10 Å². The molecule has 0 aliphatic heterocycles. The molecule has 1 amide bonds. The quantitative estimate of drug-likeness (QED) is 0.823. The van der Waals surface area contributed by atoms with Crippen molar-refractivity contribution in [2.24, 2.45) is 0 Å². The largest absolute Gasteiger partial charge is 0.478 e. The summed E-state index contributed by atoms with van der Waals surface area (Å²) in [5, 5.41) is 11.7. The molecule has 0 aliphatic carbocycles. The highest BCUT2D eigenvalue weighted by Gasteiger charge is 2.18. The topological polar surface area (TPSA) is 75.6 Å².